The molecule has 0 aromatic rings. The number of nitrogens with zero attached hydrogens (tertiary/aromatic N) is 3. The van der Waals surface area contributed by atoms with Crippen LogP contribution < -0.4 is 10.8 Å². The lowest BCUT2D eigenvalue weighted by Crippen LogP contribution is -2.50. The van der Waals surface area contributed by atoms with Gasteiger partial charge >= 0.3 is 16.4 Å². The van der Waals surface area contributed by atoms with E-state index in [1.807, 2.05) is 0 Å². The van der Waals surface area contributed by atoms with Crippen molar-refractivity contribution in [2.75, 3.05) is 13.1 Å². The minimum atomic E-state index is -4.83. The second-order valence-electron chi connectivity index (χ2n) is 6.04. The van der Waals surface area contributed by atoms with E-state index in [0.717, 1.165) is 0 Å². The molecule has 3 heterocycles. The summed E-state index contributed by atoms with van der Waals surface area (Å²) in [6.45, 7) is 0.526. The van der Waals surface area contributed by atoms with Gasteiger partial charge in [-0.2, -0.15) is 18.7 Å². The minimum absolute atomic E-state index is 0.105. The molecule has 12 nitrogen and oxygen atoms in total. The molecule has 3 aliphatic rings. The summed E-state index contributed by atoms with van der Waals surface area (Å²) in [4.78, 5) is 30.9. The first-order chi connectivity index (χ1) is 11.8. The van der Waals surface area contributed by atoms with Crippen LogP contribution in [0.1, 0.15) is 19.3 Å². The zero-order valence-electron chi connectivity index (χ0n) is 13.0. The van der Waals surface area contributed by atoms with Gasteiger partial charge in [0.05, 0.1) is 18.2 Å². The molecular formula is C12H17N5O7S. The highest BCUT2D eigenvalue weighted by Gasteiger charge is 2.49. The molecule has 0 spiro atoms. The molecule has 3 amide bonds. The van der Waals surface area contributed by atoms with Crippen LogP contribution in [0.2, 0.25) is 0 Å². The van der Waals surface area contributed by atoms with Crippen LogP contribution in [0.3, 0.4) is 0 Å². The molecule has 138 valence electrons. The van der Waals surface area contributed by atoms with Gasteiger partial charge in [-0.25, -0.2) is 10.3 Å². The second-order valence-corrected chi connectivity index (χ2v) is 7.05. The number of fused-ring (bicyclic) bond motifs is 2. The largest absolute Gasteiger partial charge is 0.418 e. The summed E-state index contributed by atoms with van der Waals surface area (Å²) in [6, 6.07) is -0.486. The molecule has 3 rings (SSSR count). The number of hydrogen-bond donors (Lipinski definition) is 3. The van der Waals surface area contributed by atoms with Crippen LogP contribution in [0.5, 0.6) is 0 Å². The van der Waals surface area contributed by atoms with Crippen molar-refractivity contribution in [3.63, 3.8) is 0 Å². The second kappa shape index (κ2) is 6.73. The van der Waals surface area contributed by atoms with E-state index in [-0.39, 0.29) is 18.7 Å². The van der Waals surface area contributed by atoms with Crippen molar-refractivity contribution in [3.05, 3.63) is 0 Å². The van der Waals surface area contributed by atoms with Crippen molar-refractivity contribution < 1.29 is 31.7 Å². The van der Waals surface area contributed by atoms with Crippen molar-refractivity contribution in [3.8, 4) is 6.07 Å². The average Bonchev–Trinajstić information content (AvgIpc) is 3.11. The van der Waals surface area contributed by atoms with E-state index >= 15 is 0 Å². The van der Waals surface area contributed by atoms with E-state index in [4.69, 9.17) is 14.7 Å². The smallest absolute Gasteiger partial charge is 0.309 e. The van der Waals surface area contributed by atoms with Crippen molar-refractivity contribution >= 4 is 22.3 Å². The number of hydroxylamine groups is 3. The number of urea groups is 1. The van der Waals surface area contributed by atoms with Crippen LogP contribution in [0.15, 0.2) is 0 Å². The van der Waals surface area contributed by atoms with Crippen LogP contribution >= 0.6 is 0 Å². The zero-order valence-corrected chi connectivity index (χ0v) is 13.8. The first kappa shape index (κ1) is 17.8. The van der Waals surface area contributed by atoms with Crippen LogP contribution in [0.25, 0.3) is 0 Å². The van der Waals surface area contributed by atoms with Crippen LogP contribution in [0, 0.1) is 11.3 Å². The highest BCUT2D eigenvalue weighted by atomic mass is 32.3. The molecule has 0 aliphatic carbocycles. The highest BCUT2D eigenvalue weighted by Crippen LogP contribution is 2.30. The Labute approximate surface area is 143 Å². The van der Waals surface area contributed by atoms with Crippen molar-refractivity contribution in [1.82, 2.24) is 20.8 Å². The molecule has 13 heteroatoms. The number of piperidine rings is 1. The predicted octanol–water partition coefficient (Wildman–Crippen LogP) is -1.71. The van der Waals surface area contributed by atoms with E-state index in [0.29, 0.717) is 30.9 Å². The standard InChI is InChI=1S/C12H17N5O7S/c13-4-7-3-9(5-14-7)23-15-11(18)10-2-1-8-6-16(10)12(19)17(8)24-25(20,21)22/h7-10,14H,1-3,5-6H2,(H,15,18)(H,20,21,22)/t7-,8+,9-,10-/m0/s1. The molecular weight excluding hydrogens is 358 g/mol. The molecule has 3 N–H and O–H groups in total. The predicted molar refractivity (Wildman–Crippen MR) is 78.4 cm³/mol. The number of carbonyl (C=O) groups is 2. The Morgan fingerprint density at radius 2 is 2.20 bits per heavy atom. The zero-order chi connectivity index (χ0) is 18.2. The van der Waals surface area contributed by atoms with Crippen LogP contribution in [0.4, 0.5) is 4.79 Å². The maximum atomic E-state index is 12.3. The van der Waals surface area contributed by atoms with E-state index in [2.05, 4.69) is 21.1 Å². The first-order valence-corrected chi connectivity index (χ1v) is 9.00. The summed E-state index contributed by atoms with van der Waals surface area (Å²) in [5.41, 5.74) is 2.30. The Hall–Kier alpha value is -1.98. The molecule has 3 aliphatic heterocycles. The van der Waals surface area contributed by atoms with E-state index in [9.17, 15) is 18.0 Å². The first-order valence-electron chi connectivity index (χ1n) is 7.64. The third kappa shape index (κ3) is 3.83. The van der Waals surface area contributed by atoms with Gasteiger partial charge in [0.1, 0.15) is 12.1 Å². The van der Waals surface area contributed by atoms with E-state index in [1.165, 1.54) is 4.90 Å². The van der Waals surface area contributed by atoms with Gasteiger partial charge in [-0.3, -0.25) is 19.5 Å². The van der Waals surface area contributed by atoms with Crippen molar-refractivity contribution in [2.45, 2.75) is 43.5 Å². The normalized spacial score (nSPS) is 31.9. The highest BCUT2D eigenvalue weighted by molar-refractivity contribution is 7.80. The third-order valence-electron chi connectivity index (χ3n) is 4.37. The Bertz CT molecular complexity index is 707. The Morgan fingerprint density at radius 1 is 1.44 bits per heavy atom. The molecule has 0 unspecified atom stereocenters. The Morgan fingerprint density at radius 3 is 2.84 bits per heavy atom. The summed E-state index contributed by atoms with van der Waals surface area (Å²) in [6.07, 6.45) is 0.707. The quantitative estimate of drug-likeness (QED) is 0.375. The van der Waals surface area contributed by atoms with Gasteiger partial charge in [0.15, 0.2) is 0 Å². The lowest BCUT2D eigenvalue weighted by Gasteiger charge is -2.29. The Kier molecular flexibility index (Phi) is 4.80. The number of amides is 3. The summed E-state index contributed by atoms with van der Waals surface area (Å²) in [5.74, 6) is -0.541. The maximum Gasteiger partial charge on any atom is 0.418 e. The fraction of sp³-hybridized carbons (Fsp3) is 0.750. The molecule has 0 aromatic carbocycles. The van der Waals surface area contributed by atoms with Gasteiger partial charge in [-0.05, 0) is 12.8 Å². The minimum Gasteiger partial charge on any atom is -0.309 e. The molecule has 25 heavy (non-hydrogen) atoms. The van der Waals surface area contributed by atoms with Crippen LogP contribution in [-0.2, 0) is 24.3 Å². The molecule has 2 bridgehead atoms. The molecule has 0 saturated carbocycles. The SMILES string of the molecule is N#C[C@@H]1C[C@H](ONC(=O)[C@@H]2CC[C@@H]3CN2C(=O)N3OS(=O)(=O)O)CN1. The van der Waals surface area contributed by atoms with Crippen molar-refractivity contribution in [2.24, 2.45) is 0 Å². The van der Waals surface area contributed by atoms with Gasteiger partial charge in [0, 0.05) is 19.5 Å². The number of nitriles is 1. The fourth-order valence-corrected chi connectivity index (χ4v) is 3.59. The van der Waals surface area contributed by atoms with Gasteiger partial charge in [0.25, 0.3) is 5.91 Å². The Balaban J connectivity index is 1.56. The average molecular weight is 375 g/mol. The molecule has 4 atom stereocenters. The summed E-state index contributed by atoms with van der Waals surface area (Å²) in [5, 5.41) is 12.3. The topological polar surface area (TPSA) is 161 Å². The molecule has 0 radical (unpaired) electrons. The van der Waals surface area contributed by atoms with Gasteiger partial charge < -0.3 is 4.90 Å². The maximum absolute atomic E-state index is 12.3. The van der Waals surface area contributed by atoms with E-state index in [1.54, 1.807) is 0 Å². The number of hydrogen-bond acceptors (Lipinski definition) is 8. The number of carbonyl (C=O) groups excluding carboxylic acids is 2. The monoisotopic (exact) mass is 375 g/mol. The third-order valence-corrected chi connectivity index (χ3v) is 4.72. The fourth-order valence-electron chi connectivity index (χ4n) is 3.20. The lowest BCUT2D eigenvalue weighted by molar-refractivity contribution is -0.142. The molecule has 3 saturated heterocycles. The lowest BCUT2D eigenvalue weighted by atomic mass is 10.0. The molecule has 0 aromatic heterocycles. The summed E-state index contributed by atoms with van der Waals surface area (Å²) < 4.78 is 34.7. The van der Waals surface area contributed by atoms with E-state index < -0.39 is 34.4 Å². The molecule has 3 fully saturated rings. The van der Waals surface area contributed by atoms with Gasteiger partial charge in [-0.1, -0.05) is 0 Å². The van der Waals surface area contributed by atoms with Crippen LogP contribution in [-0.4, -0.2) is 72.2 Å². The van der Waals surface area contributed by atoms with Gasteiger partial charge in [-0.15, -0.1) is 4.28 Å². The van der Waals surface area contributed by atoms with Gasteiger partial charge in [0.2, 0.25) is 0 Å². The summed E-state index contributed by atoms with van der Waals surface area (Å²) >= 11 is 0. The number of nitrogens with one attached hydrogen (secondary N) is 2. The van der Waals surface area contributed by atoms with Crippen molar-refractivity contribution in [1.29, 1.82) is 5.26 Å². The summed E-state index contributed by atoms with van der Waals surface area (Å²) in [7, 11) is -4.83. The number of rotatable bonds is 5.